The lowest BCUT2D eigenvalue weighted by Crippen LogP contribution is -2.19. The van der Waals surface area contributed by atoms with Gasteiger partial charge in [0.1, 0.15) is 0 Å². The lowest BCUT2D eigenvalue weighted by atomic mass is 10.2. The van der Waals surface area contributed by atoms with E-state index >= 15 is 0 Å². The van der Waals surface area contributed by atoms with Gasteiger partial charge < -0.3 is 10.4 Å². The van der Waals surface area contributed by atoms with E-state index in [2.05, 4.69) is 17.2 Å². The van der Waals surface area contributed by atoms with Crippen molar-refractivity contribution in [1.82, 2.24) is 5.32 Å². The van der Waals surface area contributed by atoms with Crippen LogP contribution in [-0.4, -0.2) is 17.6 Å². The largest absolute Gasteiger partial charge is 0.505 e. The van der Waals surface area contributed by atoms with E-state index in [1.165, 1.54) is 25.1 Å². The molecule has 78 valence electrons. The number of aromatic hydroxyl groups is 1. The zero-order valence-electron chi connectivity index (χ0n) is 8.17. The first-order chi connectivity index (χ1) is 7.11. The van der Waals surface area contributed by atoms with Crippen molar-refractivity contribution >= 4 is 5.91 Å². The van der Waals surface area contributed by atoms with Crippen LogP contribution >= 0.6 is 0 Å². The molecule has 0 spiro atoms. The Labute approximate surface area is 86.9 Å². The summed E-state index contributed by atoms with van der Waals surface area (Å²) in [6.45, 7) is 1.53. The number of carbonyl (C=O) groups excluding carboxylic acids is 1. The van der Waals surface area contributed by atoms with Gasteiger partial charge in [-0.15, -0.1) is 0 Å². The lowest BCUT2D eigenvalue weighted by Gasteiger charge is -1.96. The molecule has 0 saturated carbocycles. The number of phenols is 1. The van der Waals surface area contributed by atoms with Crippen LogP contribution in [0, 0.1) is 17.7 Å². The molecule has 0 aliphatic heterocycles. The summed E-state index contributed by atoms with van der Waals surface area (Å²) in [6.07, 6.45) is 0. The molecule has 4 heteroatoms. The summed E-state index contributed by atoms with van der Waals surface area (Å²) in [6, 6.07) is 4.20. The Morgan fingerprint density at radius 2 is 2.33 bits per heavy atom. The number of phenolic OH excluding ortho intramolecular Hbond substituents is 1. The van der Waals surface area contributed by atoms with Crippen LogP contribution in [-0.2, 0) is 4.79 Å². The maximum atomic E-state index is 13.1. The minimum absolute atomic E-state index is 0.111. The van der Waals surface area contributed by atoms with Crippen LogP contribution in [0.4, 0.5) is 4.39 Å². The monoisotopic (exact) mass is 207 g/mol. The van der Waals surface area contributed by atoms with Gasteiger partial charge in [-0.2, -0.15) is 0 Å². The summed E-state index contributed by atoms with van der Waals surface area (Å²) in [7, 11) is 0. The van der Waals surface area contributed by atoms with E-state index in [9.17, 15) is 9.18 Å². The maximum Gasteiger partial charge on any atom is 0.217 e. The number of rotatable bonds is 1. The standard InChI is InChI=1S/C11H10FNO2/c1-8(14)13-7-3-5-9-4-2-6-10(15)11(9)12/h2,4,6,15H,7H2,1H3,(H,13,14). The van der Waals surface area contributed by atoms with E-state index in [1.807, 2.05) is 0 Å². The fourth-order valence-corrected chi connectivity index (χ4v) is 0.924. The Morgan fingerprint density at radius 3 is 3.00 bits per heavy atom. The Hall–Kier alpha value is -2.02. The predicted molar refractivity (Wildman–Crippen MR) is 53.6 cm³/mol. The van der Waals surface area contributed by atoms with E-state index < -0.39 is 11.6 Å². The zero-order valence-corrected chi connectivity index (χ0v) is 8.17. The minimum atomic E-state index is -0.743. The topological polar surface area (TPSA) is 49.3 Å². The highest BCUT2D eigenvalue weighted by molar-refractivity contribution is 5.73. The summed E-state index contributed by atoms with van der Waals surface area (Å²) in [5.41, 5.74) is 0.111. The van der Waals surface area contributed by atoms with Gasteiger partial charge in [0.05, 0.1) is 12.1 Å². The third kappa shape index (κ3) is 3.31. The summed E-state index contributed by atoms with van der Waals surface area (Å²) in [4.78, 5) is 10.5. The highest BCUT2D eigenvalue weighted by Crippen LogP contribution is 2.17. The highest BCUT2D eigenvalue weighted by Gasteiger charge is 2.02. The molecule has 0 bridgehead atoms. The number of hydrogen-bond acceptors (Lipinski definition) is 2. The number of halogens is 1. The second-order valence-corrected chi connectivity index (χ2v) is 2.85. The molecule has 0 aliphatic rings. The van der Waals surface area contributed by atoms with Crippen LogP contribution in [0.2, 0.25) is 0 Å². The fourth-order valence-electron chi connectivity index (χ4n) is 0.924. The van der Waals surface area contributed by atoms with Crippen molar-refractivity contribution in [2.75, 3.05) is 6.54 Å². The molecule has 0 fully saturated rings. The number of benzene rings is 1. The van der Waals surface area contributed by atoms with Gasteiger partial charge in [-0.3, -0.25) is 4.79 Å². The molecule has 1 aromatic carbocycles. The number of amides is 1. The second kappa shape index (κ2) is 5.01. The fraction of sp³-hybridized carbons (Fsp3) is 0.182. The molecule has 1 amide bonds. The van der Waals surface area contributed by atoms with E-state index in [1.54, 1.807) is 0 Å². The summed E-state index contributed by atoms with van der Waals surface area (Å²) >= 11 is 0. The summed E-state index contributed by atoms with van der Waals surface area (Å²) < 4.78 is 13.1. The number of hydrogen-bond donors (Lipinski definition) is 2. The Bertz CT molecular complexity index is 432. The molecule has 0 heterocycles. The van der Waals surface area contributed by atoms with Gasteiger partial charge in [0.2, 0.25) is 5.91 Å². The molecular weight excluding hydrogens is 197 g/mol. The van der Waals surface area contributed by atoms with Crippen molar-refractivity contribution in [3.8, 4) is 17.6 Å². The van der Waals surface area contributed by atoms with Gasteiger partial charge in [-0.25, -0.2) is 4.39 Å². The highest BCUT2D eigenvalue weighted by atomic mass is 19.1. The molecule has 0 radical (unpaired) electrons. The van der Waals surface area contributed by atoms with Crippen LogP contribution in [0.15, 0.2) is 18.2 Å². The van der Waals surface area contributed by atoms with Crippen LogP contribution < -0.4 is 5.32 Å². The van der Waals surface area contributed by atoms with Crippen molar-refractivity contribution in [1.29, 1.82) is 0 Å². The molecule has 0 aliphatic carbocycles. The molecule has 0 unspecified atom stereocenters. The minimum Gasteiger partial charge on any atom is -0.505 e. The van der Waals surface area contributed by atoms with Gasteiger partial charge in [-0.1, -0.05) is 17.9 Å². The van der Waals surface area contributed by atoms with Crippen molar-refractivity contribution < 1.29 is 14.3 Å². The van der Waals surface area contributed by atoms with Gasteiger partial charge in [0.15, 0.2) is 11.6 Å². The van der Waals surface area contributed by atoms with Crippen LogP contribution in [0.25, 0.3) is 0 Å². The summed E-state index contributed by atoms with van der Waals surface area (Å²) in [5, 5.41) is 11.5. The first-order valence-corrected chi connectivity index (χ1v) is 4.32. The van der Waals surface area contributed by atoms with Crippen LogP contribution in [0.5, 0.6) is 5.75 Å². The van der Waals surface area contributed by atoms with Gasteiger partial charge in [0.25, 0.3) is 0 Å². The molecule has 3 nitrogen and oxygen atoms in total. The van der Waals surface area contributed by atoms with Crippen LogP contribution in [0.1, 0.15) is 12.5 Å². The average Bonchev–Trinajstić information content (AvgIpc) is 2.18. The van der Waals surface area contributed by atoms with Crippen LogP contribution in [0.3, 0.4) is 0 Å². The molecule has 0 saturated heterocycles. The van der Waals surface area contributed by atoms with E-state index in [0.29, 0.717) is 0 Å². The Kier molecular flexibility index (Phi) is 3.69. The molecule has 1 rings (SSSR count). The first kappa shape index (κ1) is 11.1. The van der Waals surface area contributed by atoms with Crippen molar-refractivity contribution in [2.45, 2.75) is 6.92 Å². The van der Waals surface area contributed by atoms with E-state index in [4.69, 9.17) is 5.11 Å². The average molecular weight is 207 g/mol. The second-order valence-electron chi connectivity index (χ2n) is 2.85. The van der Waals surface area contributed by atoms with Crippen molar-refractivity contribution in [2.24, 2.45) is 0 Å². The quantitative estimate of drug-likeness (QED) is 0.675. The van der Waals surface area contributed by atoms with E-state index in [0.717, 1.165) is 0 Å². The van der Waals surface area contributed by atoms with Crippen molar-refractivity contribution in [3.05, 3.63) is 29.6 Å². The van der Waals surface area contributed by atoms with Gasteiger partial charge in [-0.05, 0) is 12.1 Å². The molecular formula is C11H10FNO2. The van der Waals surface area contributed by atoms with Gasteiger partial charge >= 0.3 is 0 Å². The zero-order chi connectivity index (χ0) is 11.3. The normalized spacial score (nSPS) is 8.93. The molecule has 1 aromatic rings. The molecule has 0 atom stereocenters. The third-order valence-electron chi connectivity index (χ3n) is 1.63. The molecule has 15 heavy (non-hydrogen) atoms. The van der Waals surface area contributed by atoms with Gasteiger partial charge in [0, 0.05) is 6.92 Å². The molecule has 0 aromatic heterocycles. The Morgan fingerprint density at radius 1 is 1.60 bits per heavy atom. The summed E-state index contributed by atoms with van der Waals surface area (Å²) in [5.74, 6) is 3.71. The smallest absolute Gasteiger partial charge is 0.217 e. The number of nitrogens with one attached hydrogen (secondary N) is 1. The third-order valence-corrected chi connectivity index (χ3v) is 1.63. The SMILES string of the molecule is CC(=O)NCC#Cc1cccc(O)c1F. The first-order valence-electron chi connectivity index (χ1n) is 4.32. The molecule has 2 N–H and O–H groups in total. The lowest BCUT2D eigenvalue weighted by molar-refractivity contribution is -0.118. The Balaban J connectivity index is 2.72. The van der Waals surface area contributed by atoms with Crippen molar-refractivity contribution in [3.63, 3.8) is 0 Å². The maximum absolute atomic E-state index is 13.1. The predicted octanol–water partition coefficient (Wildman–Crippen LogP) is 1.02. The number of carbonyl (C=O) groups is 1. The van der Waals surface area contributed by atoms with E-state index in [-0.39, 0.29) is 18.0 Å².